The van der Waals surface area contributed by atoms with Gasteiger partial charge in [-0.15, -0.1) is 0 Å². The molecule has 0 spiro atoms. The molecule has 0 bridgehead atoms. The van der Waals surface area contributed by atoms with Gasteiger partial charge in [0.05, 0.1) is 6.10 Å². The molecule has 0 aliphatic heterocycles. The molecule has 1 rings (SSSR count). The molecule has 90 valence electrons. The highest BCUT2D eigenvalue weighted by molar-refractivity contribution is 14.1. The zero-order valence-corrected chi connectivity index (χ0v) is 12.1. The highest BCUT2D eigenvalue weighted by atomic mass is 127. The second kappa shape index (κ2) is 5.49. The van der Waals surface area contributed by atoms with Crippen molar-refractivity contribution >= 4 is 35.5 Å². The lowest BCUT2D eigenvalue weighted by molar-refractivity contribution is 0.192. The largest absolute Gasteiger partial charge is 0.507 e. The van der Waals surface area contributed by atoms with Crippen molar-refractivity contribution in [3.8, 4) is 5.75 Å². The fourth-order valence-corrected chi connectivity index (χ4v) is 3.25. The van der Waals surface area contributed by atoms with Crippen LogP contribution in [0.15, 0.2) is 18.2 Å². The molecule has 6 heteroatoms. The Balaban J connectivity index is 3.06. The molecular weight excluding hydrogens is 342 g/mol. The number of benzene rings is 1. The normalized spacial score (nSPS) is 16.8. The first-order valence-corrected chi connectivity index (χ1v) is 7.52. The minimum Gasteiger partial charge on any atom is -0.507 e. The van der Waals surface area contributed by atoms with Gasteiger partial charge < -0.3 is 14.5 Å². The summed E-state index contributed by atoms with van der Waals surface area (Å²) < 4.78 is 17.8. The summed E-state index contributed by atoms with van der Waals surface area (Å²) in [6.45, 7) is 3.58. The Kier molecular flexibility index (Phi) is 4.79. The molecule has 0 amide bonds. The minimum atomic E-state index is -3.94. The maximum atomic E-state index is 11.9. The van der Waals surface area contributed by atoms with Crippen LogP contribution in [0.3, 0.4) is 0 Å². The Hall–Kier alpha value is -0.100. The molecule has 2 atom stereocenters. The van der Waals surface area contributed by atoms with Crippen LogP contribution in [-0.2, 0) is 9.09 Å². The minimum absolute atomic E-state index is 0.0419. The first-order chi connectivity index (χ1) is 7.36. The molecule has 2 unspecified atom stereocenters. The molecule has 0 radical (unpaired) electrons. The molecule has 0 heterocycles. The van der Waals surface area contributed by atoms with E-state index in [0.717, 1.165) is 3.57 Å². The maximum Gasteiger partial charge on any atom is 0.362 e. The topological polar surface area (TPSA) is 66.8 Å². The van der Waals surface area contributed by atoms with Gasteiger partial charge in [0.15, 0.2) is 0 Å². The van der Waals surface area contributed by atoms with Gasteiger partial charge >= 0.3 is 7.60 Å². The lowest BCUT2D eigenvalue weighted by Gasteiger charge is -2.17. The highest BCUT2D eigenvalue weighted by Gasteiger charge is 2.28. The van der Waals surface area contributed by atoms with Gasteiger partial charge in [0.25, 0.3) is 0 Å². The molecule has 0 saturated heterocycles. The number of rotatable bonds is 4. The molecular formula is C10H14IO4P. The Bertz CT molecular complexity index is 421. The SMILES string of the molecule is CCC(C)OP(=O)(O)c1cc(I)ccc1O. The molecule has 1 aromatic carbocycles. The second-order valence-corrected chi connectivity index (χ2v) is 6.46. The molecule has 0 aliphatic carbocycles. The van der Waals surface area contributed by atoms with E-state index in [1.54, 1.807) is 13.0 Å². The summed E-state index contributed by atoms with van der Waals surface area (Å²) in [5.74, 6) is -0.213. The van der Waals surface area contributed by atoms with Gasteiger partial charge in [-0.25, -0.2) is 0 Å². The van der Waals surface area contributed by atoms with Crippen LogP contribution in [0.5, 0.6) is 5.75 Å². The number of phenols is 1. The van der Waals surface area contributed by atoms with Crippen LogP contribution in [0.4, 0.5) is 0 Å². The summed E-state index contributed by atoms with van der Waals surface area (Å²) in [7, 11) is -3.94. The smallest absolute Gasteiger partial charge is 0.362 e. The molecule has 0 aromatic heterocycles. The number of aromatic hydroxyl groups is 1. The van der Waals surface area contributed by atoms with Crippen molar-refractivity contribution in [2.45, 2.75) is 26.4 Å². The maximum absolute atomic E-state index is 11.9. The van der Waals surface area contributed by atoms with Gasteiger partial charge in [0.2, 0.25) is 0 Å². The van der Waals surface area contributed by atoms with Crippen LogP contribution < -0.4 is 5.30 Å². The second-order valence-electron chi connectivity index (χ2n) is 3.48. The Morgan fingerprint density at radius 1 is 1.56 bits per heavy atom. The summed E-state index contributed by atoms with van der Waals surface area (Å²) in [4.78, 5) is 9.76. The summed E-state index contributed by atoms with van der Waals surface area (Å²) in [5.41, 5.74) is 0. The van der Waals surface area contributed by atoms with Gasteiger partial charge in [-0.2, -0.15) is 0 Å². The Labute approximate surface area is 108 Å². The summed E-state index contributed by atoms with van der Waals surface area (Å²) in [6.07, 6.45) is 0.308. The fourth-order valence-electron chi connectivity index (χ4n) is 1.10. The zero-order chi connectivity index (χ0) is 12.3. The quantitative estimate of drug-likeness (QED) is 0.643. The molecule has 0 saturated carbocycles. The van der Waals surface area contributed by atoms with Crippen molar-refractivity contribution in [3.63, 3.8) is 0 Å². The predicted molar refractivity (Wildman–Crippen MR) is 71.1 cm³/mol. The van der Waals surface area contributed by atoms with E-state index in [9.17, 15) is 14.6 Å². The lowest BCUT2D eigenvalue weighted by Crippen LogP contribution is -2.13. The first-order valence-electron chi connectivity index (χ1n) is 4.87. The van der Waals surface area contributed by atoms with Gasteiger partial charge in [0, 0.05) is 3.57 Å². The van der Waals surface area contributed by atoms with E-state index in [-0.39, 0.29) is 17.2 Å². The van der Waals surface area contributed by atoms with Crippen molar-refractivity contribution in [1.29, 1.82) is 0 Å². The number of hydrogen-bond acceptors (Lipinski definition) is 3. The van der Waals surface area contributed by atoms with Gasteiger partial charge in [-0.1, -0.05) is 6.92 Å². The molecule has 0 fully saturated rings. The van der Waals surface area contributed by atoms with Crippen LogP contribution in [0, 0.1) is 3.57 Å². The third-order valence-corrected chi connectivity index (χ3v) is 4.42. The number of halogens is 1. The van der Waals surface area contributed by atoms with Crippen molar-refractivity contribution in [3.05, 3.63) is 21.8 Å². The van der Waals surface area contributed by atoms with Gasteiger partial charge in [-0.05, 0) is 54.1 Å². The monoisotopic (exact) mass is 356 g/mol. The average Bonchev–Trinajstić information content (AvgIpc) is 2.20. The molecule has 1 aromatic rings. The molecule has 16 heavy (non-hydrogen) atoms. The van der Waals surface area contributed by atoms with Crippen LogP contribution >= 0.6 is 30.2 Å². The summed E-state index contributed by atoms with van der Waals surface area (Å²) in [5, 5.41) is 9.50. The number of phenolic OH excluding ortho intramolecular Hbond substituents is 1. The summed E-state index contributed by atoms with van der Waals surface area (Å²) >= 11 is 2.01. The third-order valence-electron chi connectivity index (χ3n) is 2.14. The van der Waals surface area contributed by atoms with E-state index in [4.69, 9.17) is 4.52 Å². The zero-order valence-electron chi connectivity index (χ0n) is 9.05. The van der Waals surface area contributed by atoms with Crippen LogP contribution in [0.1, 0.15) is 20.3 Å². The van der Waals surface area contributed by atoms with Crippen LogP contribution in [0.25, 0.3) is 0 Å². The average molecular weight is 356 g/mol. The van der Waals surface area contributed by atoms with Crippen molar-refractivity contribution < 1.29 is 19.1 Å². The van der Waals surface area contributed by atoms with Crippen LogP contribution in [0.2, 0.25) is 0 Å². The fraction of sp³-hybridized carbons (Fsp3) is 0.400. The molecule has 0 aliphatic rings. The Morgan fingerprint density at radius 3 is 2.75 bits per heavy atom. The standard InChI is InChI=1S/C10H14IO4P/c1-3-7(2)15-16(13,14)10-6-8(11)4-5-9(10)12/h4-7,12H,3H2,1-2H3,(H,13,14). The Morgan fingerprint density at radius 2 is 2.19 bits per heavy atom. The number of hydrogen-bond donors (Lipinski definition) is 2. The first kappa shape index (κ1) is 14.0. The van der Waals surface area contributed by atoms with Gasteiger partial charge in [0.1, 0.15) is 11.1 Å². The van der Waals surface area contributed by atoms with E-state index >= 15 is 0 Å². The molecule has 4 nitrogen and oxygen atoms in total. The van der Waals surface area contributed by atoms with Crippen molar-refractivity contribution in [2.24, 2.45) is 0 Å². The van der Waals surface area contributed by atoms with E-state index in [2.05, 4.69) is 0 Å². The van der Waals surface area contributed by atoms with E-state index in [0.29, 0.717) is 6.42 Å². The molecule has 2 N–H and O–H groups in total. The van der Waals surface area contributed by atoms with Crippen LogP contribution in [-0.4, -0.2) is 16.1 Å². The third kappa shape index (κ3) is 3.45. The highest BCUT2D eigenvalue weighted by Crippen LogP contribution is 2.45. The van der Waals surface area contributed by atoms with E-state index < -0.39 is 7.60 Å². The van der Waals surface area contributed by atoms with Gasteiger partial charge in [-0.3, -0.25) is 4.57 Å². The van der Waals surface area contributed by atoms with Crippen molar-refractivity contribution in [2.75, 3.05) is 0 Å². The van der Waals surface area contributed by atoms with E-state index in [1.165, 1.54) is 12.1 Å². The van der Waals surface area contributed by atoms with Crippen molar-refractivity contribution in [1.82, 2.24) is 0 Å². The van der Waals surface area contributed by atoms with E-state index in [1.807, 2.05) is 29.5 Å². The predicted octanol–water partition coefficient (Wildman–Crippen LogP) is 2.62. The summed E-state index contributed by atoms with van der Waals surface area (Å²) in [6, 6.07) is 4.50. The lowest BCUT2D eigenvalue weighted by atomic mass is 10.3.